The Hall–Kier alpha value is -2.39. The molecule has 4 fully saturated rings. The van der Waals surface area contributed by atoms with Crippen LogP contribution in [0.4, 0.5) is 4.39 Å². The van der Waals surface area contributed by atoms with Crippen molar-refractivity contribution in [1.29, 1.82) is 0 Å². The highest BCUT2D eigenvalue weighted by atomic mass is 35.5. The minimum Gasteiger partial charge on any atom is -0.484 e. The summed E-state index contributed by atoms with van der Waals surface area (Å²) in [4.78, 5) is 37.2. The molecule has 3 saturated carbocycles. The van der Waals surface area contributed by atoms with Gasteiger partial charge in [0.1, 0.15) is 17.6 Å². The Balaban J connectivity index is 1.23. The molecule has 3 aliphatic carbocycles. The zero-order chi connectivity index (χ0) is 23.6. The molecular formula is C23H29ClFN3O5. The van der Waals surface area contributed by atoms with Crippen LogP contribution >= 0.6 is 11.6 Å². The van der Waals surface area contributed by atoms with Crippen LogP contribution in [-0.2, 0) is 19.1 Å². The second-order valence-electron chi connectivity index (χ2n) is 9.16. The summed E-state index contributed by atoms with van der Waals surface area (Å²) in [5.74, 6) is -0.951. The fourth-order valence-electron chi connectivity index (χ4n) is 5.21. The van der Waals surface area contributed by atoms with E-state index in [1.165, 1.54) is 12.1 Å². The number of rotatable bonds is 8. The molecule has 0 aromatic heterocycles. The molecule has 2 bridgehead atoms. The zero-order valence-electron chi connectivity index (χ0n) is 18.5. The van der Waals surface area contributed by atoms with E-state index in [1.54, 1.807) is 6.92 Å². The SMILES string of the molecule is CCOC(=O)C1CC(C(=O)NC23CC(C2)[C@@H](NC(=O)COc2ccc(Cl)c(F)c2)C3)CCN1. The van der Waals surface area contributed by atoms with Gasteiger partial charge >= 0.3 is 5.97 Å². The number of halogens is 2. The highest BCUT2D eigenvalue weighted by Crippen LogP contribution is 2.52. The molecule has 0 radical (unpaired) electrons. The predicted octanol–water partition coefficient (Wildman–Crippen LogP) is 1.94. The molecule has 1 heterocycles. The fraction of sp³-hybridized carbons (Fsp3) is 0.609. The summed E-state index contributed by atoms with van der Waals surface area (Å²) < 4.78 is 23.9. The van der Waals surface area contributed by atoms with Crippen LogP contribution in [0.1, 0.15) is 39.0 Å². The highest BCUT2D eigenvalue weighted by molar-refractivity contribution is 6.30. The average molecular weight is 482 g/mol. The highest BCUT2D eigenvalue weighted by Gasteiger charge is 2.57. The lowest BCUT2D eigenvalue weighted by molar-refractivity contribution is -0.147. The zero-order valence-corrected chi connectivity index (χ0v) is 19.3. The summed E-state index contributed by atoms with van der Waals surface area (Å²) in [6.07, 6.45) is 3.40. The molecular weight excluding hydrogens is 453 g/mol. The van der Waals surface area contributed by atoms with Gasteiger partial charge < -0.3 is 25.4 Å². The number of ether oxygens (including phenoxy) is 2. The van der Waals surface area contributed by atoms with E-state index >= 15 is 0 Å². The molecule has 1 aliphatic heterocycles. The van der Waals surface area contributed by atoms with Crippen molar-refractivity contribution in [3.05, 3.63) is 29.0 Å². The lowest BCUT2D eigenvalue weighted by Crippen LogP contribution is -2.55. The van der Waals surface area contributed by atoms with Gasteiger partial charge in [0.2, 0.25) is 5.91 Å². The molecule has 180 valence electrons. The molecule has 2 unspecified atom stereocenters. The van der Waals surface area contributed by atoms with Gasteiger partial charge in [-0.15, -0.1) is 0 Å². The van der Waals surface area contributed by atoms with Crippen LogP contribution in [-0.4, -0.2) is 55.2 Å². The summed E-state index contributed by atoms with van der Waals surface area (Å²) in [5.41, 5.74) is -0.301. The third-order valence-electron chi connectivity index (χ3n) is 6.83. The Bertz CT molecular complexity index is 923. The van der Waals surface area contributed by atoms with Crippen LogP contribution < -0.4 is 20.7 Å². The molecule has 0 spiro atoms. The van der Waals surface area contributed by atoms with E-state index in [4.69, 9.17) is 21.1 Å². The van der Waals surface area contributed by atoms with Gasteiger partial charge in [-0.2, -0.15) is 0 Å². The van der Waals surface area contributed by atoms with Gasteiger partial charge in [0.15, 0.2) is 6.61 Å². The van der Waals surface area contributed by atoms with E-state index in [2.05, 4.69) is 16.0 Å². The van der Waals surface area contributed by atoms with Crippen molar-refractivity contribution in [3.8, 4) is 5.75 Å². The Kier molecular flexibility index (Phi) is 7.09. The van der Waals surface area contributed by atoms with Gasteiger partial charge in [0, 0.05) is 23.6 Å². The Morgan fingerprint density at radius 1 is 1.27 bits per heavy atom. The number of fused-ring (bicyclic) bond motifs is 1. The summed E-state index contributed by atoms with van der Waals surface area (Å²) >= 11 is 5.65. The molecule has 2 amide bonds. The van der Waals surface area contributed by atoms with E-state index in [0.717, 1.165) is 18.9 Å². The van der Waals surface area contributed by atoms with Crippen LogP contribution in [0.5, 0.6) is 5.75 Å². The van der Waals surface area contributed by atoms with Gasteiger partial charge in [-0.1, -0.05) is 11.6 Å². The van der Waals surface area contributed by atoms with Crippen molar-refractivity contribution >= 4 is 29.4 Å². The smallest absolute Gasteiger partial charge is 0.323 e. The van der Waals surface area contributed by atoms with E-state index in [9.17, 15) is 18.8 Å². The molecule has 5 rings (SSSR count). The first-order chi connectivity index (χ1) is 15.8. The monoisotopic (exact) mass is 481 g/mol. The number of hydrogen-bond donors (Lipinski definition) is 3. The van der Waals surface area contributed by atoms with E-state index in [-0.39, 0.29) is 52.7 Å². The Morgan fingerprint density at radius 2 is 2.06 bits per heavy atom. The van der Waals surface area contributed by atoms with E-state index in [0.29, 0.717) is 38.3 Å². The molecule has 3 N–H and O–H groups in total. The predicted molar refractivity (Wildman–Crippen MR) is 118 cm³/mol. The molecule has 8 nitrogen and oxygen atoms in total. The summed E-state index contributed by atoms with van der Waals surface area (Å²) in [5, 5.41) is 9.28. The molecule has 4 aliphatic rings. The number of benzene rings is 1. The first kappa shape index (κ1) is 23.8. The fourth-order valence-corrected chi connectivity index (χ4v) is 5.33. The summed E-state index contributed by atoms with van der Waals surface area (Å²) in [6.45, 7) is 2.44. The van der Waals surface area contributed by atoms with Crippen molar-refractivity contribution in [2.24, 2.45) is 11.8 Å². The van der Waals surface area contributed by atoms with E-state index in [1.807, 2.05) is 0 Å². The first-order valence-corrected chi connectivity index (χ1v) is 11.8. The van der Waals surface area contributed by atoms with Crippen LogP contribution in [0.3, 0.4) is 0 Å². The van der Waals surface area contributed by atoms with Gasteiger partial charge in [0.05, 0.1) is 11.6 Å². The maximum absolute atomic E-state index is 13.5. The maximum atomic E-state index is 13.5. The standard InChI is InChI=1S/C23H29ClFN3O5/c1-2-32-22(31)18-7-13(5-6-26-18)21(30)28-23-9-14(10-23)19(11-23)27-20(29)12-33-15-3-4-16(24)17(25)8-15/h3-4,8,13-14,18-19,26H,2,5-7,9-12H2,1H3,(H,27,29)(H,28,30)/t13?,14?,18?,19-,23?/m0/s1. The number of piperidine rings is 1. The minimum absolute atomic E-state index is 0.00854. The third-order valence-corrected chi connectivity index (χ3v) is 7.13. The maximum Gasteiger partial charge on any atom is 0.323 e. The van der Waals surface area contributed by atoms with Crippen molar-refractivity contribution in [2.75, 3.05) is 19.8 Å². The van der Waals surface area contributed by atoms with Crippen molar-refractivity contribution in [1.82, 2.24) is 16.0 Å². The molecule has 10 heteroatoms. The number of amides is 2. The number of carbonyl (C=O) groups excluding carboxylic acids is 3. The topological polar surface area (TPSA) is 106 Å². The number of nitrogens with one attached hydrogen (secondary N) is 3. The van der Waals surface area contributed by atoms with Crippen LogP contribution in [0.2, 0.25) is 5.02 Å². The van der Waals surface area contributed by atoms with Gasteiger partial charge in [-0.25, -0.2) is 4.39 Å². The average Bonchev–Trinajstić information content (AvgIpc) is 3.28. The second kappa shape index (κ2) is 9.85. The second-order valence-corrected chi connectivity index (χ2v) is 9.57. The van der Waals surface area contributed by atoms with Gasteiger partial charge in [-0.05, 0) is 63.6 Å². The number of hydrogen-bond acceptors (Lipinski definition) is 6. The molecule has 3 atom stereocenters. The molecule has 1 saturated heterocycles. The number of carbonyl (C=O) groups is 3. The van der Waals surface area contributed by atoms with E-state index < -0.39 is 11.9 Å². The van der Waals surface area contributed by atoms with Crippen molar-refractivity contribution in [2.45, 2.75) is 56.7 Å². The van der Waals surface area contributed by atoms with Gasteiger partial charge in [-0.3, -0.25) is 14.4 Å². The van der Waals surface area contributed by atoms with Crippen LogP contribution in [0.25, 0.3) is 0 Å². The quantitative estimate of drug-likeness (QED) is 0.490. The molecule has 1 aromatic rings. The first-order valence-electron chi connectivity index (χ1n) is 11.4. The van der Waals surface area contributed by atoms with Crippen molar-refractivity contribution < 1.29 is 28.2 Å². The lowest BCUT2D eigenvalue weighted by Gasteiger charge is -2.40. The molecule has 33 heavy (non-hydrogen) atoms. The van der Waals surface area contributed by atoms with Crippen LogP contribution in [0.15, 0.2) is 18.2 Å². The van der Waals surface area contributed by atoms with Crippen LogP contribution in [0, 0.1) is 17.7 Å². The Morgan fingerprint density at radius 3 is 2.79 bits per heavy atom. The normalized spacial score (nSPS) is 30.2. The molecule has 1 aromatic carbocycles. The lowest BCUT2D eigenvalue weighted by atomic mass is 9.76. The summed E-state index contributed by atoms with van der Waals surface area (Å²) in [7, 11) is 0. The largest absolute Gasteiger partial charge is 0.484 e. The summed E-state index contributed by atoms with van der Waals surface area (Å²) in [6, 6.07) is 3.53. The third kappa shape index (κ3) is 5.41. The van der Waals surface area contributed by atoms with Gasteiger partial charge in [0.25, 0.3) is 5.91 Å². The van der Waals surface area contributed by atoms with Crippen molar-refractivity contribution in [3.63, 3.8) is 0 Å². The number of esters is 1. The Labute approximate surface area is 196 Å². The minimum atomic E-state index is -0.605.